The molecule has 2 aromatic rings. The van der Waals surface area contributed by atoms with E-state index in [1.807, 2.05) is 43.3 Å². The smallest absolute Gasteiger partial charge is 0.239 e. The van der Waals surface area contributed by atoms with Gasteiger partial charge in [0.25, 0.3) is 0 Å². The Morgan fingerprint density at radius 1 is 1.20 bits per heavy atom. The average molecular weight is 403 g/mol. The molecule has 0 spiro atoms. The SMILES string of the molecule is CN1C(=O)[C@H](c2ccc(N3CCOCC3)cc2)[C@@](C)(c2cccc(C#N)c2)N=C1N. The van der Waals surface area contributed by atoms with Crippen molar-refractivity contribution < 1.29 is 9.53 Å². The largest absolute Gasteiger partial charge is 0.378 e. The average Bonchev–Trinajstić information content (AvgIpc) is 2.79. The highest BCUT2D eigenvalue weighted by Gasteiger charge is 2.47. The number of amides is 1. The number of nitrogens with two attached hydrogens (primary N) is 1. The predicted octanol–water partition coefficient (Wildman–Crippen LogP) is 2.18. The van der Waals surface area contributed by atoms with Gasteiger partial charge in [0, 0.05) is 25.8 Å². The number of benzene rings is 2. The number of likely N-dealkylation sites (N-methyl/N-ethyl adjacent to an activating group) is 1. The molecule has 2 atom stereocenters. The first-order valence-electron chi connectivity index (χ1n) is 10.0. The van der Waals surface area contributed by atoms with Crippen molar-refractivity contribution in [3.63, 3.8) is 0 Å². The second-order valence-electron chi connectivity index (χ2n) is 7.83. The molecule has 0 aliphatic carbocycles. The van der Waals surface area contributed by atoms with Crippen LogP contribution in [0.1, 0.15) is 29.5 Å². The molecule has 0 aromatic heterocycles. The second kappa shape index (κ2) is 7.81. The van der Waals surface area contributed by atoms with E-state index in [1.165, 1.54) is 4.90 Å². The van der Waals surface area contributed by atoms with Crippen LogP contribution in [-0.4, -0.2) is 50.1 Å². The minimum absolute atomic E-state index is 0.119. The molecule has 2 aliphatic rings. The minimum atomic E-state index is -0.916. The number of hydrogen-bond acceptors (Lipinski definition) is 6. The first kappa shape index (κ1) is 19.9. The molecule has 1 fully saturated rings. The van der Waals surface area contributed by atoms with E-state index in [-0.39, 0.29) is 11.9 Å². The number of guanidine groups is 1. The topological polar surface area (TPSA) is 95.0 Å². The molecule has 2 heterocycles. The highest BCUT2D eigenvalue weighted by molar-refractivity contribution is 6.02. The van der Waals surface area contributed by atoms with Gasteiger partial charge in [-0.3, -0.25) is 9.69 Å². The summed E-state index contributed by atoms with van der Waals surface area (Å²) >= 11 is 0. The van der Waals surface area contributed by atoms with E-state index in [2.05, 4.69) is 11.0 Å². The van der Waals surface area contributed by atoms with E-state index < -0.39 is 11.5 Å². The van der Waals surface area contributed by atoms with E-state index in [0.717, 1.165) is 43.1 Å². The third-order valence-electron chi connectivity index (χ3n) is 6.01. The van der Waals surface area contributed by atoms with Crippen LogP contribution >= 0.6 is 0 Å². The van der Waals surface area contributed by atoms with Crippen molar-refractivity contribution in [2.45, 2.75) is 18.4 Å². The molecule has 7 heteroatoms. The lowest BCUT2D eigenvalue weighted by Gasteiger charge is -2.41. The van der Waals surface area contributed by atoms with Gasteiger partial charge in [-0.1, -0.05) is 24.3 Å². The van der Waals surface area contributed by atoms with Gasteiger partial charge in [0.15, 0.2) is 5.96 Å². The summed E-state index contributed by atoms with van der Waals surface area (Å²) in [6, 6.07) is 17.5. The van der Waals surface area contributed by atoms with Gasteiger partial charge in [0.1, 0.15) is 5.54 Å². The van der Waals surface area contributed by atoms with Crippen molar-refractivity contribution in [3.8, 4) is 6.07 Å². The van der Waals surface area contributed by atoms with Gasteiger partial charge in [-0.25, -0.2) is 4.99 Å². The molecule has 2 N–H and O–H groups in total. The molecule has 4 rings (SSSR count). The molecule has 0 bridgehead atoms. The summed E-state index contributed by atoms with van der Waals surface area (Å²) in [4.78, 5) is 21.7. The Kier molecular flexibility index (Phi) is 5.18. The van der Waals surface area contributed by atoms with Crippen molar-refractivity contribution in [2.75, 3.05) is 38.3 Å². The first-order chi connectivity index (χ1) is 14.4. The van der Waals surface area contributed by atoms with Crippen LogP contribution in [0.25, 0.3) is 0 Å². The number of hydrogen-bond donors (Lipinski definition) is 1. The van der Waals surface area contributed by atoms with Crippen molar-refractivity contribution >= 4 is 17.6 Å². The van der Waals surface area contributed by atoms with Crippen LogP contribution in [-0.2, 0) is 15.1 Å². The molecular formula is C23H25N5O2. The number of aliphatic imine (C=N–C) groups is 1. The Hall–Kier alpha value is -3.37. The van der Waals surface area contributed by atoms with E-state index in [0.29, 0.717) is 5.56 Å². The van der Waals surface area contributed by atoms with Crippen LogP contribution in [0.3, 0.4) is 0 Å². The lowest BCUT2D eigenvalue weighted by molar-refractivity contribution is -0.130. The molecule has 2 aliphatic heterocycles. The molecule has 154 valence electrons. The fraction of sp³-hybridized carbons (Fsp3) is 0.348. The number of nitrogens with zero attached hydrogens (tertiary/aromatic N) is 4. The van der Waals surface area contributed by atoms with Crippen LogP contribution in [0, 0.1) is 11.3 Å². The van der Waals surface area contributed by atoms with E-state index in [4.69, 9.17) is 15.5 Å². The third kappa shape index (κ3) is 3.40. The lowest BCUT2D eigenvalue weighted by atomic mass is 9.74. The van der Waals surface area contributed by atoms with Gasteiger partial charge >= 0.3 is 0 Å². The number of morpholine rings is 1. The zero-order chi connectivity index (χ0) is 21.3. The number of ether oxygens (including phenoxy) is 1. The molecular weight excluding hydrogens is 378 g/mol. The number of nitriles is 1. The Morgan fingerprint density at radius 2 is 1.90 bits per heavy atom. The van der Waals surface area contributed by atoms with Crippen molar-refractivity contribution in [2.24, 2.45) is 10.7 Å². The number of carbonyl (C=O) groups excluding carboxylic acids is 1. The van der Waals surface area contributed by atoms with Crippen molar-refractivity contribution in [1.82, 2.24) is 4.90 Å². The van der Waals surface area contributed by atoms with E-state index in [9.17, 15) is 10.1 Å². The maximum absolute atomic E-state index is 13.3. The van der Waals surface area contributed by atoms with Crippen LogP contribution in [0.5, 0.6) is 0 Å². The number of rotatable bonds is 3. The fourth-order valence-electron chi connectivity index (χ4n) is 4.23. The molecule has 30 heavy (non-hydrogen) atoms. The van der Waals surface area contributed by atoms with Gasteiger partial charge in [0.05, 0.1) is 30.8 Å². The van der Waals surface area contributed by atoms with Crippen LogP contribution in [0.15, 0.2) is 53.5 Å². The van der Waals surface area contributed by atoms with Gasteiger partial charge in [-0.05, 0) is 42.3 Å². The zero-order valence-corrected chi connectivity index (χ0v) is 17.2. The highest BCUT2D eigenvalue weighted by atomic mass is 16.5. The summed E-state index contributed by atoms with van der Waals surface area (Å²) in [5.41, 5.74) is 8.45. The summed E-state index contributed by atoms with van der Waals surface area (Å²) in [7, 11) is 1.64. The molecule has 7 nitrogen and oxygen atoms in total. The van der Waals surface area contributed by atoms with Crippen molar-refractivity contribution in [1.29, 1.82) is 5.26 Å². The predicted molar refractivity (Wildman–Crippen MR) is 115 cm³/mol. The molecule has 0 radical (unpaired) electrons. The van der Waals surface area contributed by atoms with Gasteiger partial charge in [-0.15, -0.1) is 0 Å². The lowest BCUT2D eigenvalue weighted by Crippen LogP contribution is -2.52. The minimum Gasteiger partial charge on any atom is -0.378 e. The summed E-state index contributed by atoms with van der Waals surface area (Å²) in [5.74, 6) is -0.500. The Bertz CT molecular complexity index is 1020. The quantitative estimate of drug-likeness (QED) is 0.848. The monoisotopic (exact) mass is 403 g/mol. The zero-order valence-electron chi connectivity index (χ0n) is 17.2. The van der Waals surface area contributed by atoms with Gasteiger partial charge in [0.2, 0.25) is 5.91 Å². The first-order valence-corrected chi connectivity index (χ1v) is 10.0. The Labute approximate surface area is 176 Å². The number of anilines is 1. The van der Waals surface area contributed by atoms with Crippen LogP contribution in [0.4, 0.5) is 5.69 Å². The highest BCUT2D eigenvalue weighted by Crippen LogP contribution is 2.44. The Balaban J connectivity index is 1.77. The van der Waals surface area contributed by atoms with Gasteiger partial charge < -0.3 is 15.4 Å². The molecule has 1 saturated heterocycles. The van der Waals surface area contributed by atoms with Crippen LogP contribution < -0.4 is 10.6 Å². The third-order valence-corrected chi connectivity index (χ3v) is 6.01. The summed E-state index contributed by atoms with van der Waals surface area (Å²) in [6.45, 7) is 5.04. The van der Waals surface area contributed by atoms with Gasteiger partial charge in [-0.2, -0.15) is 5.26 Å². The summed E-state index contributed by atoms with van der Waals surface area (Å²) in [6.07, 6.45) is 0. The van der Waals surface area contributed by atoms with Crippen LogP contribution in [0.2, 0.25) is 0 Å². The standard InChI is InChI=1S/C23H25N5O2/c1-23(18-5-3-4-16(14-18)15-24)20(21(29)27(2)22(25)26-23)17-6-8-19(9-7-17)28-10-12-30-13-11-28/h3-9,14,20H,10-13H2,1-2H3,(H2,25,26)/t20-,23+/m0/s1. The van der Waals surface area contributed by atoms with E-state index >= 15 is 0 Å². The van der Waals surface area contributed by atoms with E-state index in [1.54, 1.807) is 19.2 Å². The Morgan fingerprint density at radius 3 is 2.57 bits per heavy atom. The molecule has 0 saturated carbocycles. The normalized spacial score (nSPS) is 24.4. The summed E-state index contributed by atoms with van der Waals surface area (Å²) in [5, 5.41) is 9.33. The maximum atomic E-state index is 13.3. The molecule has 2 aromatic carbocycles. The molecule has 0 unspecified atom stereocenters. The number of carbonyl (C=O) groups is 1. The summed E-state index contributed by atoms with van der Waals surface area (Å²) < 4.78 is 5.43. The fourth-order valence-corrected chi connectivity index (χ4v) is 4.23. The maximum Gasteiger partial charge on any atom is 0.239 e. The van der Waals surface area contributed by atoms with Crippen molar-refractivity contribution in [3.05, 3.63) is 65.2 Å². The second-order valence-corrected chi connectivity index (χ2v) is 7.83. The molecule has 1 amide bonds.